The highest BCUT2D eigenvalue weighted by molar-refractivity contribution is 7.22. The van der Waals surface area contributed by atoms with Crippen molar-refractivity contribution in [1.29, 1.82) is 0 Å². The van der Waals surface area contributed by atoms with E-state index in [0.29, 0.717) is 41.4 Å². The molecule has 13 heteroatoms. The number of rotatable bonds is 11. The predicted octanol–water partition coefficient (Wildman–Crippen LogP) is 5.22. The molecule has 5 rings (SSSR count). The van der Waals surface area contributed by atoms with Crippen LogP contribution in [0, 0.1) is 17.5 Å². The van der Waals surface area contributed by atoms with Crippen LogP contribution >= 0.6 is 11.3 Å². The van der Waals surface area contributed by atoms with Gasteiger partial charge in [-0.05, 0) is 66.6 Å². The van der Waals surface area contributed by atoms with Gasteiger partial charge >= 0.3 is 11.7 Å². The molecule has 234 valence electrons. The van der Waals surface area contributed by atoms with Crippen molar-refractivity contribution in [3.63, 3.8) is 0 Å². The minimum atomic E-state index is -0.844. The maximum absolute atomic E-state index is 14.9. The fraction of sp³-hybridized carbons (Fsp3) is 0.219. The van der Waals surface area contributed by atoms with Crippen molar-refractivity contribution in [1.82, 2.24) is 19.8 Å². The Morgan fingerprint density at radius 1 is 0.933 bits per heavy atom. The Labute approximate surface area is 259 Å². The maximum atomic E-state index is 14.9. The molecule has 0 saturated carbocycles. The maximum Gasteiger partial charge on any atom is 0.337 e. The molecule has 0 saturated heterocycles. The van der Waals surface area contributed by atoms with E-state index in [1.165, 1.54) is 22.8 Å². The highest BCUT2D eigenvalue weighted by Crippen LogP contribution is 2.38. The van der Waals surface area contributed by atoms with Gasteiger partial charge < -0.3 is 20.7 Å². The first-order chi connectivity index (χ1) is 21.7. The number of hydrogen-bond acceptors (Lipinski definition) is 6. The average Bonchev–Trinajstić information content (AvgIpc) is 3.39. The summed E-state index contributed by atoms with van der Waals surface area (Å²) >= 11 is 1.13. The molecule has 45 heavy (non-hydrogen) atoms. The first-order valence-corrected chi connectivity index (χ1v) is 14.9. The third-order valence-corrected chi connectivity index (χ3v) is 8.37. The summed E-state index contributed by atoms with van der Waals surface area (Å²) in [5.74, 6) is -2.25. The summed E-state index contributed by atoms with van der Waals surface area (Å²) in [5.41, 5.74) is 0.0336. The number of hydrogen-bond donors (Lipinski definition) is 3. The number of nitrogens with one attached hydrogen (secondary N) is 3. The molecule has 2 aromatic heterocycles. The van der Waals surface area contributed by atoms with Crippen LogP contribution in [0.1, 0.15) is 18.1 Å². The fourth-order valence-electron chi connectivity index (χ4n) is 4.90. The van der Waals surface area contributed by atoms with E-state index in [9.17, 15) is 27.6 Å². The Kier molecular flexibility index (Phi) is 9.81. The van der Waals surface area contributed by atoms with Gasteiger partial charge in [-0.1, -0.05) is 18.2 Å². The first-order valence-electron chi connectivity index (χ1n) is 14.1. The quantitative estimate of drug-likeness (QED) is 0.172. The standard InChI is InChI=1S/C32H30F3N5O4S/c1-3-37-31(42)38-21-11-7-19(8-12-21)28-23(17-36-15-16-44-2)27-29(41)40(22-13-9-20(33)10-14-22)32(43)39(30(27)45-28)18-24-25(34)5-4-6-26(24)35/h4-14,36H,3,15-18H2,1-2H3,(H2,37,38,42). The number of thiophene rings is 1. The van der Waals surface area contributed by atoms with Crippen molar-refractivity contribution in [2.45, 2.75) is 20.0 Å². The zero-order valence-corrected chi connectivity index (χ0v) is 25.3. The molecule has 0 unspecified atom stereocenters. The van der Waals surface area contributed by atoms with Crippen LogP contribution in [-0.2, 0) is 17.8 Å². The Hall–Kier alpha value is -4.72. The molecule has 2 amide bonds. The summed E-state index contributed by atoms with van der Waals surface area (Å²) < 4.78 is 50.7. The van der Waals surface area contributed by atoms with Gasteiger partial charge in [0, 0.05) is 42.9 Å². The van der Waals surface area contributed by atoms with Crippen LogP contribution in [0.3, 0.4) is 0 Å². The summed E-state index contributed by atoms with van der Waals surface area (Å²) in [6.07, 6.45) is 0. The van der Waals surface area contributed by atoms with Crippen molar-refractivity contribution >= 4 is 33.3 Å². The van der Waals surface area contributed by atoms with Crippen LogP contribution in [-0.4, -0.2) is 42.0 Å². The first kappa shape index (κ1) is 31.7. The zero-order chi connectivity index (χ0) is 32.1. The van der Waals surface area contributed by atoms with Crippen molar-refractivity contribution < 1.29 is 22.7 Å². The lowest BCUT2D eigenvalue weighted by Gasteiger charge is -2.14. The normalized spacial score (nSPS) is 11.2. The van der Waals surface area contributed by atoms with Crippen LogP contribution in [0.25, 0.3) is 26.3 Å². The van der Waals surface area contributed by atoms with Gasteiger partial charge in [-0.3, -0.25) is 9.36 Å². The molecule has 0 aliphatic carbocycles. The smallest absolute Gasteiger partial charge is 0.337 e. The molecule has 3 N–H and O–H groups in total. The van der Waals surface area contributed by atoms with Crippen LogP contribution in [0.5, 0.6) is 0 Å². The highest BCUT2D eigenvalue weighted by atomic mass is 32.1. The number of benzene rings is 3. The van der Waals surface area contributed by atoms with Crippen LogP contribution in [0.4, 0.5) is 23.7 Å². The van der Waals surface area contributed by atoms with Crippen LogP contribution in [0.2, 0.25) is 0 Å². The lowest BCUT2D eigenvalue weighted by Crippen LogP contribution is -2.39. The van der Waals surface area contributed by atoms with E-state index in [1.807, 2.05) is 0 Å². The van der Waals surface area contributed by atoms with Crippen molar-refractivity contribution in [2.75, 3.05) is 32.1 Å². The fourth-order valence-corrected chi connectivity index (χ4v) is 6.21. The molecule has 2 heterocycles. The van der Waals surface area contributed by atoms with E-state index in [2.05, 4.69) is 16.0 Å². The predicted molar refractivity (Wildman–Crippen MR) is 169 cm³/mol. The summed E-state index contributed by atoms with van der Waals surface area (Å²) in [6.45, 7) is 2.81. The SMILES string of the molecule is CCNC(=O)Nc1ccc(-c2sc3c(c2CNCCOC)c(=O)n(-c2ccc(F)cc2)c(=O)n3Cc2c(F)cccc2F)cc1. The second-order valence-corrected chi connectivity index (χ2v) is 11.0. The third-order valence-electron chi connectivity index (χ3n) is 7.06. The number of nitrogens with zero attached hydrogens (tertiary/aromatic N) is 2. The third kappa shape index (κ3) is 6.70. The number of urea groups is 1. The molecule has 0 spiro atoms. The molecule has 0 aliphatic rings. The molecule has 5 aromatic rings. The minimum absolute atomic E-state index is 0.0999. The van der Waals surface area contributed by atoms with Crippen molar-refractivity contribution in [3.8, 4) is 16.1 Å². The number of amides is 2. The number of anilines is 1. The van der Waals surface area contributed by atoms with Gasteiger partial charge in [0.15, 0.2) is 0 Å². The summed E-state index contributed by atoms with van der Waals surface area (Å²) in [4.78, 5) is 41.0. The van der Waals surface area contributed by atoms with Crippen LogP contribution in [0.15, 0.2) is 76.3 Å². The number of methoxy groups -OCH3 is 1. The van der Waals surface area contributed by atoms with Crippen LogP contribution < -0.4 is 27.2 Å². The molecule has 9 nitrogen and oxygen atoms in total. The lowest BCUT2D eigenvalue weighted by molar-refractivity contribution is 0.199. The van der Waals surface area contributed by atoms with Gasteiger partial charge in [-0.2, -0.15) is 0 Å². The second-order valence-electron chi connectivity index (χ2n) is 10.0. The number of carbonyl (C=O) groups excluding carboxylic acids is 1. The number of carbonyl (C=O) groups is 1. The van der Waals surface area contributed by atoms with E-state index >= 15 is 0 Å². The van der Waals surface area contributed by atoms with E-state index < -0.39 is 35.2 Å². The Morgan fingerprint density at radius 3 is 2.27 bits per heavy atom. The van der Waals surface area contributed by atoms with E-state index in [-0.39, 0.29) is 34.0 Å². The number of ether oxygens (including phenoxy) is 1. The van der Waals surface area contributed by atoms with Gasteiger partial charge in [0.25, 0.3) is 5.56 Å². The van der Waals surface area contributed by atoms with Crippen molar-refractivity contribution in [3.05, 3.63) is 116 Å². The van der Waals surface area contributed by atoms with E-state index in [0.717, 1.165) is 40.2 Å². The van der Waals surface area contributed by atoms with Crippen molar-refractivity contribution in [2.24, 2.45) is 0 Å². The van der Waals surface area contributed by atoms with Gasteiger partial charge in [-0.25, -0.2) is 27.3 Å². The number of aromatic nitrogens is 2. The summed E-state index contributed by atoms with van der Waals surface area (Å²) in [7, 11) is 1.56. The zero-order valence-electron chi connectivity index (χ0n) is 24.5. The molecule has 0 fully saturated rings. The Bertz CT molecular complexity index is 1930. The number of fused-ring (bicyclic) bond motifs is 1. The second kappa shape index (κ2) is 13.9. The largest absolute Gasteiger partial charge is 0.383 e. The summed E-state index contributed by atoms with van der Waals surface area (Å²) in [6, 6.07) is 14.8. The molecule has 3 aromatic carbocycles. The van der Waals surface area contributed by atoms with E-state index in [4.69, 9.17) is 4.74 Å². The molecule has 0 atom stereocenters. The van der Waals surface area contributed by atoms with Gasteiger partial charge in [-0.15, -0.1) is 11.3 Å². The number of halogens is 3. The topological polar surface area (TPSA) is 106 Å². The molecule has 0 bridgehead atoms. The molecule has 0 aliphatic heterocycles. The monoisotopic (exact) mass is 637 g/mol. The van der Waals surface area contributed by atoms with E-state index in [1.54, 1.807) is 38.3 Å². The van der Waals surface area contributed by atoms with Gasteiger partial charge in [0.05, 0.1) is 24.2 Å². The average molecular weight is 638 g/mol. The van der Waals surface area contributed by atoms with Gasteiger partial charge in [0.2, 0.25) is 0 Å². The minimum Gasteiger partial charge on any atom is -0.383 e. The lowest BCUT2D eigenvalue weighted by atomic mass is 10.1. The molecular formula is C32H30F3N5O4S. The highest BCUT2D eigenvalue weighted by Gasteiger charge is 2.25. The molecule has 0 radical (unpaired) electrons. The summed E-state index contributed by atoms with van der Waals surface area (Å²) in [5, 5.41) is 8.81. The molecular weight excluding hydrogens is 607 g/mol. The Morgan fingerprint density at radius 2 is 1.62 bits per heavy atom. The Balaban J connectivity index is 1.76. The van der Waals surface area contributed by atoms with Gasteiger partial charge in [0.1, 0.15) is 22.3 Å².